The highest BCUT2D eigenvalue weighted by Gasteiger charge is 2.48. The molecule has 2 aliphatic rings. The van der Waals surface area contributed by atoms with Crippen molar-refractivity contribution in [1.82, 2.24) is 24.5 Å². The topological polar surface area (TPSA) is 92.3 Å². The molecule has 4 aromatic heterocycles. The molecule has 2 fully saturated rings. The number of nitrogens with one attached hydrogen (secondary N) is 1. The Bertz CT molecular complexity index is 1370. The Balaban J connectivity index is 1.31. The number of carbonyl (C=O) groups excluding carboxylic acids is 1. The largest absolute Gasteiger partial charge is 0.369 e. The number of H-pyrrole nitrogens is 1. The lowest BCUT2D eigenvalue weighted by atomic mass is 9.77. The van der Waals surface area contributed by atoms with Gasteiger partial charge in [0.25, 0.3) is 0 Å². The van der Waals surface area contributed by atoms with Gasteiger partial charge in [-0.2, -0.15) is 5.10 Å². The van der Waals surface area contributed by atoms with Crippen LogP contribution in [0.5, 0.6) is 0 Å². The molecule has 0 aromatic carbocycles. The van der Waals surface area contributed by atoms with Crippen molar-refractivity contribution in [2.45, 2.75) is 51.9 Å². The molecule has 1 spiro atoms. The highest BCUT2D eigenvalue weighted by Crippen LogP contribution is 2.53. The van der Waals surface area contributed by atoms with E-state index < -0.39 is 0 Å². The van der Waals surface area contributed by atoms with Crippen LogP contribution in [0.25, 0.3) is 27.1 Å². The SMILES string of the molecule is Cc1cc(-c2[nH]c3cc([C@H]4CCC5(C4)CN(CC(N)=O)C5)sc3c2C(C)C)cn2ncnc12. The lowest BCUT2D eigenvalue weighted by Gasteiger charge is -2.48. The van der Waals surface area contributed by atoms with Crippen LogP contribution in [0.3, 0.4) is 0 Å². The van der Waals surface area contributed by atoms with Gasteiger partial charge in [-0.25, -0.2) is 9.50 Å². The Morgan fingerprint density at radius 3 is 2.94 bits per heavy atom. The van der Waals surface area contributed by atoms with Gasteiger partial charge in [-0.05, 0) is 66.7 Å². The maximum atomic E-state index is 11.2. The van der Waals surface area contributed by atoms with Crippen molar-refractivity contribution in [3.63, 3.8) is 0 Å². The molecule has 33 heavy (non-hydrogen) atoms. The van der Waals surface area contributed by atoms with E-state index in [0.29, 0.717) is 23.8 Å². The van der Waals surface area contributed by atoms with Crippen LogP contribution in [0.15, 0.2) is 24.7 Å². The number of aryl methyl sites for hydroxylation is 1. The predicted molar refractivity (Wildman–Crippen MR) is 132 cm³/mol. The molecule has 0 unspecified atom stereocenters. The Morgan fingerprint density at radius 2 is 2.18 bits per heavy atom. The predicted octanol–water partition coefficient (Wildman–Crippen LogP) is 4.43. The highest BCUT2D eigenvalue weighted by atomic mass is 32.1. The second-order valence-electron chi connectivity index (χ2n) is 10.5. The van der Waals surface area contributed by atoms with Crippen molar-refractivity contribution in [3.8, 4) is 11.3 Å². The molecule has 1 saturated carbocycles. The van der Waals surface area contributed by atoms with Gasteiger partial charge in [0.15, 0.2) is 5.65 Å². The van der Waals surface area contributed by atoms with Crippen LogP contribution in [-0.4, -0.2) is 50.0 Å². The average molecular weight is 463 g/mol. The minimum Gasteiger partial charge on any atom is -0.369 e. The molecule has 0 radical (unpaired) electrons. The third kappa shape index (κ3) is 3.38. The fourth-order valence-corrected chi connectivity index (χ4v) is 7.65. The van der Waals surface area contributed by atoms with Crippen molar-refractivity contribution in [2.75, 3.05) is 19.6 Å². The number of likely N-dealkylation sites (tertiary alicyclic amines) is 1. The quantitative estimate of drug-likeness (QED) is 0.459. The Labute approximate surface area is 197 Å². The van der Waals surface area contributed by atoms with Crippen LogP contribution < -0.4 is 5.73 Å². The molecule has 1 aliphatic carbocycles. The van der Waals surface area contributed by atoms with E-state index in [2.05, 4.69) is 59.1 Å². The van der Waals surface area contributed by atoms with Gasteiger partial charge < -0.3 is 10.7 Å². The standard InChI is InChI=1S/C25H30N6OS/c1-14(2)21-22(17-6-15(3)24-27-13-28-31(24)9-17)29-18-7-19(33-23(18)21)16-4-5-25(8-16)11-30(12-25)10-20(26)32/h6-7,9,13-14,16,29H,4-5,8,10-12H2,1-3H3,(H2,26,32)/t16-/m0/s1. The number of amides is 1. The summed E-state index contributed by atoms with van der Waals surface area (Å²) >= 11 is 1.97. The molecule has 7 nitrogen and oxygen atoms in total. The molecular weight excluding hydrogens is 432 g/mol. The van der Waals surface area contributed by atoms with Crippen LogP contribution in [0.2, 0.25) is 0 Å². The normalized spacial score (nSPS) is 20.4. The van der Waals surface area contributed by atoms with Crippen molar-refractivity contribution in [3.05, 3.63) is 40.7 Å². The first-order chi connectivity index (χ1) is 15.8. The molecule has 0 bridgehead atoms. The number of pyridine rings is 1. The van der Waals surface area contributed by atoms with E-state index in [1.807, 2.05) is 15.9 Å². The molecule has 3 N–H and O–H groups in total. The van der Waals surface area contributed by atoms with Crippen molar-refractivity contribution < 1.29 is 4.79 Å². The maximum Gasteiger partial charge on any atom is 0.231 e. The van der Waals surface area contributed by atoms with Crippen LogP contribution in [0, 0.1) is 12.3 Å². The fourth-order valence-electron chi connectivity index (χ4n) is 6.20. The van der Waals surface area contributed by atoms with Crippen LogP contribution in [0.4, 0.5) is 0 Å². The molecule has 1 saturated heterocycles. The third-order valence-electron chi connectivity index (χ3n) is 7.55. The van der Waals surface area contributed by atoms with Gasteiger partial charge in [0.05, 0.1) is 22.5 Å². The van der Waals surface area contributed by atoms with E-state index in [1.165, 1.54) is 45.6 Å². The number of fused-ring (bicyclic) bond motifs is 2. The number of aromatic amines is 1. The summed E-state index contributed by atoms with van der Waals surface area (Å²) < 4.78 is 3.25. The van der Waals surface area contributed by atoms with Gasteiger partial charge in [-0.3, -0.25) is 9.69 Å². The van der Waals surface area contributed by atoms with Crippen molar-refractivity contribution >= 4 is 33.1 Å². The Morgan fingerprint density at radius 1 is 1.36 bits per heavy atom. The second-order valence-corrected chi connectivity index (χ2v) is 11.5. The Hall–Kier alpha value is -2.71. The van der Waals surface area contributed by atoms with Crippen molar-refractivity contribution in [1.29, 1.82) is 0 Å². The molecule has 1 atom stereocenters. The number of nitrogens with two attached hydrogens (primary N) is 1. The molecule has 5 heterocycles. The van der Waals surface area contributed by atoms with E-state index in [9.17, 15) is 4.79 Å². The second kappa shape index (κ2) is 7.40. The van der Waals surface area contributed by atoms with Crippen LogP contribution >= 0.6 is 11.3 Å². The summed E-state index contributed by atoms with van der Waals surface area (Å²) in [4.78, 5) is 23.0. The summed E-state index contributed by atoms with van der Waals surface area (Å²) in [5.74, 6) is 0.807. The molecule has 172 valence electrons. The van der Waals surface area contributed by atoms with Gasteiger partial charge >= 0.3 is 0 Å². The summed E-state index contributed by atoms with van der Waals surface area (Å²) in [6.45, 7) is 9.07. The van der Waals surface area contributed by atoms with Crippen molar-refractivity contribution in [2.24, 2.45) is 11.1 Å². The first-order valence-corrected chi connectivity index (χ1v) is 12.6. The number of primary amides is 1. The van der Waals surface area contributed by atoms with Gasteiger partial charge in [-0.15, -0.1) is 11.3 Å². The first kappa shape index (κ1) is 20.9. The number of hydrogen-bond donors (Lipinski definition) is 2. The third-order valence-corrected chi connectivity index (χ3v) is 8.88. The van der Waals surface area contributed by atoms with Gasteiger partial charge in [0.1, 0.15) is 6.33 Å². The molecule has 6 rings (SSSR count). The number of hydrogen-bond acceptors (Lipinski definition) is 5. The van der Waals surface area contributed by atoms with E-state index in [-0.39, 0.29) is 5.91 Å². The zero-order chi connectivity index (χ0) is 22.9. The van der Waals surface area contributed by atoms with Crippen LogP contribution in [-0.2, 0) is 4.79 Å². The zero-order valence-electron chi connectivity index (χ0n) is 19.4. The van der Waals surface area contributed by atoms with E-state index >= 15 is 0 Å². The summed E-state index contributed by atoms with van der Waals surface area (Å²) in [5, 5.41) is 4.36. The fraction of sp³-hybridized carbons (Fsp3) is 0.480. The molecular formula is C25H30N6OS. The van der Waals surface area contributed by atoms with Crippen LogP contribution in [0.1, 0.15) is 60.9 Å². The summed E-state index contributed by atoms with van der Waals surface area (Å²) in [7, 11) is 0. The first-order valence-electron chi connectivity index (χ1n) is 11.8. The molecule has 1 aliphatic heterocycles. The lowest BCUT2D eigenvalue weighted by Crippen LogP contribution is -2.57. The summed E-state index contributed by atoms with van der Waals surface area (Å²) in [6.07, 6.45) is 7.39. The summed E-state index contributed by atoms with van der Waals surface area (Å²) in [5.41, 5.74) is 12.8. The summed E-state index contributed by atoms with van der Waals surface area (Å²) in [6, 6.07) is 4.60. The van der Waals surface area contributed by atoms with Gasteiger partial charge in [-0.1, -0.05) is 13.8 Å². The molecule has 8 heteroatoms. The highest BCUT2D eigenvalue weighted by molar-refractivity contribution is 7.19. The van der Waals surface area contributed by atoms with E-state index in [4.69, 9.17) is 5.73 Å². The molecule has 1 amide bonds. The smallest absolute Gasteiger partial charge is 0.231 e. The minimum absolute atomic E-state index is 0.220. The lowest BCUT2D eigenvalue weighted by molar-refractivity contribution is -0.122. The van der Waals surface area contributed by atoms with Gasteiger partial charge in [0.2, 0.25) is 5.91 Å². The minimum atomic E-state index is -0.220. The number of carbonyl (C=O) groups is 1. The monoisotopic (exact) mass is 462 g/mol. The zero-order valence-corrected chi connectivity index (χ0v) is 20.2. The number of rotatable bonds is 5. The number of nitrogens with zero attached hydrogens (tertiary/aromatic N) is 4. The van der Waals surface area contributed by atoms with E-state index in [1.54, 1.807) is 6.33 Å². The van der Waals surface area contributed by atoms with Gasteiger partial charge in [0, 0.05) is 29.7 Å². The average Bonchev–Trinajstić information content (AvgIpc) is 3.47. The van der Waals surface area contributed by atoms with E-state index in [0.717, 1.165) is 29.9 Å². The Kier molecular flexibility index (Phi) is 4.68. The molecule has 4 aromatic rings. The number of thiophene rings is 1. The maximum absolute atomic E-state index is 11.2. The number of aromatic nitrogens is 4.